The van der Waals surface area contributed by atoms with E-state index in [4.69, 9.17) is 9.26 Å². The van der Waals surface area contributed by atoms with Gasteiger partial charge in [-0.1, -0.05) is 17.3 Å². The first kappa shape index (κ1) is 15.6. The minimum atomic E-state index is -0.0606. The molecule has 1 saturated heterocycles. The smallest absolute Gasteiger partial charge is 0.276 e. The second-order valence-corrected chi connectivity index (χ2v) is 6.12. The number of amides is 1. The summed E-state index contributed by atoms with van der Waals surface area (Å²) in [5.41, 5.74) is 1.15. The van der Waals surface area contributed by atoms with Crippen LogP contribution in [0.25, 0.3) is 11.3 Å². The van der Waals surface area contributed by atoms with Gasteiger partial charge in [0.25, 0.3) is 5.91 Å². The topological polar surface area (TPSA) is 55.6 Å². The Kier molecular flexibility index (Phi) is 4.37. The largest absolute Gasteiger partial charge is 0.496 e. The number of rotatable bonds is 3. The van der Waals surface area contributed by atoms with Crippen LogP contribution in [0.15, 0.2) is 34.9 Å². The summed E-state index contributed by atoms with van der Waals surface area (Å²) in [5, 5.41) is 3.99. The van der Waals surface area contributed by atoms with Crippen LogP contribution < -0.4 is 4.74 Å². The molecule has 1 amide bonds. The van der Waals surface area contributed by atoms with Crippen molar-refractivity contribution in [2.45, 2.75) is 45.2 Å². The number of aromatic nitrogens is 1. The Balaban J connectivity index is 1.88. The second kappa shape index (κ2) is 6.44. The van der Waals surface area contributed by atoms with E-state index in [0.717, 1.165) is 24.8 Å². The number of hydrogen-bond donors (Lipinski definition) is 0. The van der Waals surface area contributed by atoms with Crippen molar-refractivity contribution in [1.29, 1.82) is 0 Å². The summed E-state index contributed by atoms with van der Waals surface area (Å²) in [5.74, 6) is 1.18. The van der Waals surface area contributed by atoms with Gasteiger partial charge in [0, 0.05) is 18.2 Å². The Bertz CT molecular complexity index is 685. The number of benzene rings is 1. The number of carbonyl (C=O) groups excluding carboxylic acids is 1. The molecule has 0 saturated carbocycles. The molecule has 0 radical (unpaired) electrons. The molecule has 1 aromatic carbocycles. The molecular weight excluding hydrogens is 292 g/mol. The number of piperidine rings is 1. The van der Waals surface area contributed by atoms with Crippen LogP contribution in [0.3, 0.4) is 0 Å². The van der Waals surface area contributed by atoms with Crippen LogP contribution in [-0.2, 0) is 0 Å². The highest BCUT2D eigenvalue weighted by Gasteiger charge is 2.31. The van der Waals surface area contributed by atoms with Crippen molar-refractivity contribution in [3.63, 3.8) is 0 Å². The number of para-hydroxylation sites is 1. The molecule has 1 aliphatic heterocycles. The van der Waals surface area contributed by atoms with E-state index in [2.05, 4.69) is 19.0 Å². The number of ether oxygens (including phenoxy) is 1. The first-order valence-electron chi connectivity index (χ1n) is 8.04. The van der Waals surface area contributed by atoms with E-state index in [9.17, 15) is 4.79 Å². The van der Waals surface area contributed by atoms with E-state index in [0.29, 0.717) is 17.2 Å². The lowest BCUT2D eigenvalue weighted by molar-refractivity contribution is 0.0500. The average Bonchev–Trinajstić information content (AvgIpc) is 3.04. The Hall–Kier alpha value is -2.30. The third-order valence-electron chi connectivity index (χ3n) is 4.53. The molecule has 0 spiro atoms. The monoisotopic (exact) mass is 314 g/mol. The molecule has 1 aromatic heterocycles. The van der Waals surface area contributed by atoms with Gasteiger partial charge in [-0.3, -0.25) is 4.79 Å². The number of nitrogens with zero attached hydrogens (tertiary/aromatic N) is 2. The van der Waals surface area contributed by atoms with Gasteiger partial charge in [0.05, 0.1) is 12.7 Å². The summed E-state index contributed by atoms with van der Waals surface area (Å²) >= 11 is 0. The predicted octanol–water partition coefficient (Wildman–Crippen LogP) is 3.75. The highest BCUT2D eigenvalue weighted by atomic mass is 16.5. The van der Waals surface area contributed by atoms with Crippen molar-refractivity contribution in [3.8, 4) is 17.1 Å². The van der Waals surface area contributed by atoms with Crippen molar-refractivity contribution < 1.29 is 14.1 Å². The van der Waals surface area contributed by atoms with Gasteiger partial charge < -0.3 is 14.2 Å². The fourth-order valence-corrected chi connectivity index (χ4v) is 3.31. The summed E-state index contributed by atoms with van der Waals surface area (Å²) < 4.78 is 10.7. The Morgan fingerprint density at radius 1 is 1.26 bits per heavy atom. The summed E-state index contributed by atoms with van der Waals surface area (Å²) in [6, 6.07) is 9.70. The molecule has 1 fully saturated rings. The fraction of sp³-hybridized carbons (Fsp3) is 0.444. The van der Waals surface area contributed by atoms with Crippen molar-refractivity contribution >= 4 is 5.91 Å². The van der Waals surface area contributed by atoms with Gasteiger partial charge >= 0.3 is 0 Å². The molecule has 5 heteroatoms. The van der Waals surface area contributed by atoms with Gasteiger partial charge in [-0.15, -0.1) is 0 Å². The van der Waals surface area contributed by atoms with E-state index in [1.165, 1.54) is 0 Å². The molecule has 2 aromatic rings. The average molecular weight is 314 g/mol. The van der Waals surface area contributed by atoms with Crippen LogP contribution in [0.5, 0.6) is 5.75 Å². The van der Waals surface area contributed by atoms with Gasteiger partial charge in [-0.05, 0) is 45.2 Å². The van der Waals surface area contributed by atoms with Crippen LogP contribution in [0, 0.1) is 0 Å². The van der Waals surface area contributed by atoms with Gasteiger partial charge in [0.1, 0.15) is 5.75 Å². The van der Waals surface area contributed by atoms with E-state index < -0.39 is 0 Å². The molecule has 3 rings (SSSR count). The zero-order chi connectivity index (χ0) is 16.4. The van der Waals surface area contributed by atoms with E-state index in [-0.39, 0.29) is 18.0 Å². The molecule has 5 nitrogen and oxygen atoms in total. The maximum absolute atomic E-state index is 12.8. The third-order valence-corrected chi connectivity index (χ3v) is 4.53. The number of carbonyl (C=O) groups is 1. The first-order valence-corrected chi connectivity index (χ1v) is 8.04. The summed E-state index contributed by atoms with van der Waals surface area (Å²) in [6.07, 6.45) is 3.23. The molecule has 0 bridgehead atoms. The minimum absolute atomic E-state index is 0.0606. The molecule has 2 heterocycles. The van der Waals surface area contributed by atoms with Crippen LogP contribution in [0.4, 0.5) is 0 Å². The maximum atomic E-state index is 12.8. The number of likely N-dealkylation sites (tertiary alicyclic amines) is 1. The van der Waals surface area contributed by atoms with E-state index >= 15 is 0 Å². The minimum Gasteiger partial charge on any atom is -0.496 e. The van der Waals surface area contributed by atoms with Crippen molar-refractivity contribution in [3.05, 3.63) is 36.0 Å². The van der Waals surface area contributed by atoms with Crippen molar-refractivity contribution in [2.75, 3.05) is 7.11 Å². The predicted molar refractivity (Wildman–Crippen MR) is 87.4 cm³/mol. The third kappa shape index (κ3) is 2.96. The maximum Gasteiger partial charge on any atom is 0.276 e. The van der Waals surface area contributed by atoms with Gasteiger partial charge in [-0.2, -0.15) is 0 Å². The molecule has 23 heavy (non-hydrogen) atoms. The first-order chi connectivity index (χ1) is 11.1. The number of hydrogen-bond acceptors (Lipinski definition) is 4. The normalized spacial score (nSPS) is 21.3. The SMILES string of the molecule is COc1ccccc1-c1cc(C(=O)N2[C@@H](C)CCC[C@@H]2C)no1. The standard InChI is InChI=1S/C18H22N2O3/c1-12-7-6-8-13(2)20(12)18(21)15-11-17(23-19-15)14-9-4-5-10-16(14)22-3/h4-5,9-13H,6-8H2,1-3H3/t12-,13-/m0/s1. The Morgan fingerprint density at radius 2 is 1.96 bits per heavy atom. The van der Waals surface area contributed by atoms with Gasteiger partial charge in [-0.25, -0.2) is 0 Å². The van der Waals surface area contributed by atoms with Crippen LogP contribution in [0.1, 0.15) is 43.6 Å². The Labute approximate surface area is 136 Å². The zero-order valence-corrected chi connectivity index (χ0v) is 13.8. The summed E-state index contributed by atoms with van der Waals surface area (Å²) in [4.78, 5) is 14.7. The molecule has 2 atom stereocenters. The van der Waals surface area contributed by atoms with Crippen molar-refractivity contribution in [2.24, 2.45) is 0 Å². The second-order valence-electron chi connectivity index (χ2n) is 6.12. The summed E-state index contributed by atoms with van der Waals surface area (Å²) in [6.45, 7) is 4.18. The lowest BCUT2D eigenvalue weighted by Gasteiger charge is -2.38. The number of methoxy groups -OCH3 is 1. The molecule has 0 N–H and O–H groups in total. The lowest BCUT2D eigenvalue weighted by atomic mass is 9.97. The molecule has 0 aliphatic carbocycles. The van der Waals surface area contributed by atoms with E-state index in [1.807, 2.05) is 29.2 Å². The van der Waals surface area contributed by atoms with E-state index in [1.54, 1.807) is 13.2 Å². The van der Waals surface area contributed by atoms with Crippen LogP contribution >= 0.6 is 0 Å². The lowest BCUT2D eigenvalue weighted by Crippen LogP contribution is -2.47. The summed E-state index contributed by atoms with van der Waals surface area (Å²) in [7, 11) is 1.61. The van der Waals surface area contributed by atoms with Gasteiger partial charge in [0.15, 0.2) is 11.5 Å². The quantitative estimate of drug-likeness (QED) is 0.865. The Morgan fingerprint density at radius 3 is 2.65 bits per heavy atom. The van der Waals surface area contributed by atoms with Gasteiger partial charge in [0.2, 0.25) is 0 Å². The highest BCUT2D eigenvalue weighted by molar-refractivity contribution is 5.93. The molecule has 0 unspecified atom stereocenters. The zero-order valence-electron chi connectivity index (χ0n) is 13.8. The fourth-order valence-electron chi connectivity index (χ4n) is 3.31. The highest BCUT2D eigenvalue weighted by Crippen LogP contribution is 2.31. The molecular formula is C18H22N2O3. The molecule has 122 valence electrons. The molecule has 1 aliphatic rings. The van der Waals surface area contributed by atoms with Crippen molar-refractivity contribution in [1.82, 2.24) is 10.1 Å². The van der Waals surface area contributed by atoms with Crippen LogP contribution in [0.2, 0.25) is 0 Å². The van der Waals surface area contributed by atoms with Crippen LogP contribution in [-0.4, -0.2) is 35.2 Å².